The number of hydrogen-bond donors (Lipinski definition) is 0. The van der Waals surface area contributed by atoms with Crippen molar-refractivity contribution in [2.45, 2.75) is 68.5 Å². The summed E-state index contributed by atoms with van der Waals surface area (Å²) in [5.41, 5.74) is 1.34. The normalized spacial score (nSPS) is 11.1. The van der Waals surface area contributed by atoms with Crippen molar-refractivity contribution in [1.82, 2.24) is 0 Å². The summed E-state index contributed by atoms with van der Waals surface area (Å²) in [6, 6.07) is 8.05. The number of carboxylic acids is 1. The fourth-order valence-corrected chi connectivity index (χ4v) is 2.88. The van der Waals surface area contributed by atoms with E-state index in [2.05, 4.69) is 12.1 Å². The largest absolute Gasteiger partial charge is 1.00 e. The monoisotopic (exact) mass is 400 g/mol. The first-order chi connectivity index (χ1) is 10.9. The molecule has 1 rings (SSSR count). The zero-order chi connectivity index (χ0) is 17.1. The second-order valence-corrected chi connectivity index (χ2v) is 7.87. The van der Waals surface area contributed by atoms with Crippen molar-refractivity contribution < 1.29 is 39.5 Å². The van der Waals surface area contributed by atoms with Crippen LogP contribution in [0.3, 0.4) is 0 Å². The van der Waals surface area contributed by atoms with E-state index in [1.807, 2.05) is 12.1 Å². The van der Waals surface area contributed by atoms with Crippen LogP contribution in [0.4, 0.5) is 0 Å². The number of hydrogen-bond acceptors (Lipinski definition) is 2. The maximum absolute atomic E-state index is 10.6. The van der Waals surface area contributed by atoms with Crippen LogP contribution in [0.15, 0.2) is 24.3 Å². The SMILES string of the molecule is O=C([O-])C(Cl)(Cl)CCCCCCCCCCc1ccc(Cl)cc1.[Na+]. The quantitative estimate of drug-likeness (QED) is 0.306. The third kappa shape index (κ3) is 11.2. The Kier molecular flexibility index (Phi) is 14.0. The van der Waals surface area contributed by atoms with Crippen molar-refractivity contribution in [3.05, 3.63) is 34.9 Å². The van der Waals surface area contributed by atoms with E-state index in [0.29, 0.717) is 0 Å². The summed E-state index contributed by atoms with van der Waals surface area (Å²) in [4.78, 5) is 10.6. The van der Waals surface area contributed by atoms with Crippen LogP contribution in [0.2, 0.25) is 5.02 Å². The average molecular weight is 402 g/mol. The number of aliphatic carboxylic acids is 1. The van der Waals surface area contributed by atoms with Crippen LogP contribution >= 0.6 is 34.8 Å². The minimum absolute atomic E-state index is 0. The zero-order valence-electron chi connectivity index (χ0n) is 14.3. The molecule has 130 valence electrons. The van der Waals surface area contributed by atoms with Gasteiger partial charge in [-0.1, -0.05) is 91.9 Å². The molecule has 0 N–H and O–H groups in total. The third-order valence-corrected chi connectivity index (χ3v) is 4.86. The molecule has 0 saturated carbocycles. The molecule has 0 aliphatic heterocycles. The first-order valence-electron chi connectivity index (χ1n) is 8.25. The van der Waals surface area contributed by atoms with E-state index >= 15 is 0 Å². The van der Waals surface area contributed by atoms with Gasteiger partial charge in [-0.05, 0) is 37.0 Å². The van der Waals surface area contributed by atoms with E-state index in [1.54, 1.807) is 0 Å². The number of benzene rings is 1. The second kappa shape index (κ2) is 13.7. The van der Waals surface area contributed by atoms with Gasteiger partial charge in [-0.2, -0.15) is 0 Å². The Morgan fingerprint density at radius 1 is 0.875 bits per heavy atom. The molecule has 0 saturated heterocycles. The van der Waals surface area contributed by atoms with Crippen LogP contribution in [0.5, 0.6) is 0 Å². The van der Waals surface area contributed by atoms with Crippen LogP contribution in [0.1, 0.15) is 63.4 Å². The van der Waals surface area contributed by atoms with Gasteiger partial charge < -0.3 is 9.90 Å². The van der Waals surface area contributed by atoms with Crippen LogP contribution in [0, 0.1) is 0 Å². The molecule has 0 aliphatic carbocycles. The fraction of sp³-hybridized carbons (Fsp3) is 0.611. The van der Waals surface area contributed by atoms with Crippen molar-refractivity contribution in [3.63, 3.8) is 0 Å². The summed E-state index contributed by atoms with van der Waals surface area (Å²) >= 11 is 17.1. The Morgan fingerprint density at radius 3 is 1.83 bits per heavy atom. The number of rotatable bonds is 12. The minimum atomic E-state index is -1.73. The fourth-order valence-electron chi connectivity index (χ4n) is 2.49. The molecule has 0 fully saturated rings. The van der Waals surface area contributed by atoms with Crippen LogP contribution in [-0.2, 0) is 11.2 Å². The van der Waals surface area contributed by atoms with Crippen molar-refractivity contribution in [2.24, 2.45) is 0 Å². The number of alkyl halides is 2. The van der Waals surface area contributed by atoms with Gasteiger partial charge >= 0.3 is 29.6 Å². The summed E-state index contributed by atoms with van der Waals surface area (Å²) in [6.07, 6.45) is 10.2. The molecule has 1 aromatic rings. The molecule has 1 aromatic carbocycles. The number of carbonyl (C=O) groups excluding carboxylic acids is 1. The maximum atomic E-state index is 10.6. The third-order valence-electron chi connectivity index (χ3n) is 3.92. The number of carboxylic acid groups (broad SMARTS) is 1. The molecular weight excluding hydrogens is 378 g/mol. The van der Waals surface area contributed by atoms with Gasteiger partial charge in [0.1, 0.15) is 0 Å². The van der Waals surface area contributed by atoms with Gasteiger partial charge in [0, 0.05) is 5.02 Å². The van der Waals surface area contributed by atoms with Crippen LogP contribution in [-0.4, -0.2) is 10.3 Å². The maximum Gasteiger partial charge on any atom is 1.00 e. The predicted molar refractivity (Wildman–Crippen MR) is 96.2 cm³/mol. The number of aryl methyl sites for hydroxylation is 1. The molecule has 2 nitrogen and oxygen atoms in total. The predicted octanol–water partition coefficient (Wildman–Crippen LogP) is 2.32. The van der Waals surface area contributed by atoms with E-state index in [0.717, 1.165) is 30.7 Å². The first kappa shape index (κ1) is 24.6. The Bertz CT molecular complexity index is 464. The second-order valence-electron chi connectivity index (χ2n) is 5.95. The standard InChI is InChI=1S/C18H25Cl3O2.Na/c19-16-12-10-15(11-13-16)9-7-5-3-1-2-4-6-8-14-18(20,21)17(22)23;/h10-13H,1-9,14H2,(H,22,23);/q;+1/p-1. The number of unbranched alkanes of at least 4 members (excludes halogenated alkanes) is 7. The van der Waals surface area contributed by atoms with Gasteiger partial charge in [0.15, 0.2) is 4.33 Å². The Labute approximate surface area is 182 Å². The van der Waals surface area contributed by atoms with E-state index < -0.39 is 10.3 Å². The van der Waals surface area contributed by atoms with Crippen molar-refractivity contribution in [3.8, 4) is 0 Å². The summed E-state index contributed by atoms with van der Waals surface area (Å²) in [7, 11) is 0. The molecule has 0 atom stereocenters. The molecule has 24 heavy (non-hydrogen) atoms. The summed E-state index contributed by atoms with van der Waals surface area (Å²) < 4.78 is -1.73. The van der Waals surface area contributed by atoms with Gasteiger partial charge in [0.2, 0.25) is 0 Å². The van der Waals surface area contributed by atoms with Gasteiger partial charge in [-0.25, -0.2) is 0 Å². The van der Waals surface area contributed by atoms with Gasteiger partial charge in [-0.3, -0.25) is 0 Å². The molecule has 0 aliphatic rings. The van der Waals surface area contributed by atoms with Crippen molar-refractivity contribution >= 4 is 40.8 Å². The molecule has 0 radical (unpaired) electrons. The molecule has 0 spiro atoms. The molecule has 0 heterocycles. The smallest absolute Gasteiger partial charge is 0.547 e. The Balaban J connectivity index is 0.00000529. The molecule has 0 bridgehead atoms. The number of carbonyl (C=O) groups is 1. The van der Waals surface area contributed by atoms with Crippen molar-refractivity contribution in [1.29, 1.82) is 0 Å². The van der Waals surface area contributed by atoms with Crippen molar-refractivity contribution in [2.75, 3.05) is 0 Å². The van der Waals surface area contributed by atoms with Crippen LogP contribution < -0.4 is 34.7 Å². The summed E-state index contributed by atoms with van der Waals surface area (Å²) in [5, 5.41) is 11.4. The van der Waals surface area contributed by atoms with Crippen LogP contribution in [0.25, 0.3) is 0 Å². The van der Waals surface area contributed by atoms with Gasteiger partial charge in [0.05, 0.1) is 5.97 Å². The topological polar surface area (TPSA) is 40.1 Å². The summed E-state index contributed by atoms with van der Waals surface area (Å²) in [6.45, 7) is 0. The van der Waals surface area contributed by atoms with Gasteiger partial charge in [0.25, 0.3) is 0 Å². The minimum Gasteiger partial charge on any atom is -0.547 e. The molecule has 0 unspecified atom stereocenters. The molecule has 0 amide bonds. The Morgan fingerprint density at radius 2 is 1.33 bits per heavy atom. The van der Waals surface area contributed by atoms with E-state index in [4.69, 9.17) is 34.8 Å². The van der Waals surface area contributed by atoms with E-state index in [9.17, 15) is 9.90 Å². The van der Waals surface area contributed by atoms with Gasteiger partial charge in [-0.15, -0.1) is 0 Å². The molecule has 6 heteroatoms. The first-order valence-corrected chi connectivity index (χ1v) is 9.39. The number of halogens is 3. The Hall–Kier alpha value is 0.560. The average Bonchev–Trinajstić information content (AvgIpc) is 2.50. The molecular formula is C18H24Cl3NaO2. The zero-order valence-corrected chi connectivity index (χ0v) is 18.6. The molecule has 0 aromatic heterocycles. The van der Waals surface area contributed by atoms with E-state index in [1.165, 1.54) is 37.7 Å². The van der Waals surface area contributed by atoms with E-state index in [-0.39, 0.29) is 36.0 Å². The summed E-state index contributed by atoms with van der Waals surface area (Å²) in [5.74, 6) is -1.40.